The van der Waals surface area contributed by atoms with Gasteiger partial charge in [-0.15, -0.1) is 0 Å². The van der Waals surface area contributed by atoms with Gasteiger partial charge in [0.1, 0.15) is 13.2 Å². The Balaban J connectivity index is 4.44. The lowest BCUT2D eigenvalue weighted by Gasteiger charge is -2.18. The van der Waals surface area contributed by atoms with E-state index in [9.17, 15) is 14.4 Å². The lowest BCUT2D eigenvalue weighted by atomic mass is 10.1. The monoisotopic (exact) mass is 961 g/mol. The molecule has 0 radical (unpaired) electrons. The van der Waals surface area contributed by atoms with Crippen molar-refractivity contribution in [2.75, 3.05) is 13.2 Å². The highest BCUT2D eigenvalue weighted by Gasteiger charge is 2.19. The first-order valence-electron chi connectivity index (χ1n) is 27.1. The lowest BCUT2D eigenvalue weighted by Crippen LogP contribution is -2.30. The second-order valence-electron chi connectivity index (χ2n) is 17.0. The standard InChI is InChI=1S/C64H96O6/c1-4-7-10-13-16-18-20-22-24-26-28-30-32-34-36-38-40-42-44-46-48-51-54-57-63(66)69-60-61(59-68-62(65)56-53-50-15-12-9-6-3)70-64(67)58-55-52-49-47-45-43-41-39-37-35-33-31-29-27-25-23-21-19-17-14-11-8-5-2/h7-8,10-11,16-19,22-25,28-31,34-37,40-43,46-49,61H,4-6,9,12-15,20-21,26-27,32-33,38-39,44-45,50-60H2,1-3H3/b10-7-,11-8-,18-16-,19-17-,24-22-,25-23-,30-28-,31-29-,36-34-,37-35-,42-40-,43-41-,48-46-,49-47-. The number of carbonyl (C=O) groups is 3. The fourth-order valence-corrected chi connectivity index (χ4v) is 6.48. The van der Waals surface area contributed by atoms with Gasteiger partial charge in [-0.25, -0.2) is 0 Å². The highest BCUT2D eigenvalue weighted by molar-refractivity contribution is 5.71. The minimum Gasteiger partial charge on any atom is -0.462 e. The van der Waals surface area contributed by atoms with Crippen LogP contribution in [-0.4, -0.2) is 37.2 Å². The van der Waals surface area contributed by atoms with Crippen LogP contribution in [0.3, 0.4) is 0 Å². The van der Waals surface area contributed by atoms with Gasteiger partial charge in [0.25, 0.3) is 0 Å². The van der Waals surface area contributed by atoms with Crippen molar-refractivity contribution < 1.29 is 28.6 Å². The molecule has 6 nitrogen and oxygen atoms in total. The molecule has 0 aliphatic rings. The number of hydrogen-bond acceptors (Lipinski definition) is 6. The molecule has 0 spiro atoms. The number of ether oxygens (including phenoxy) is 3. The van der Waals surface area contributed by atoms with Crippen LogP contribution in [0.15, 0.2) is 170 Å². The molecule has 6 heteroatoms. The van der Waals surface area contributed by atoms with Crippen molar-refractivity contribution in [1.82, 2.24) is 0 Å². The largest absolute Gasteiger partial charge is 0.462 e. The van der Waals surface area contributed by atoms with E-state index in [-0.39, 0.29) is 38.0 Å². The maximum Gasteiger partial charge on any atom is 0.306 e. The summed E-state index contributed by atoms with van der Waals surface area (Å²) >= 11 is 0. The van der Waals surface area contributed by atoms with Crippen molar-refractivity contribution in [2.24, 2.45) is 0 Å². The molecule has 1 unspecified atom stereocenters. The highest BCUT2D eigenvalue weighted by atomic mass is 16.6. The molecule has 0 aliphatic carbocycles. The molecule has 0 amide bonds. The van der Waals surface area contributed by atoms with Gasteiger partial charge < -0.3 is 14.2 Å². The van der Waals surface area contributed by atoms with Crippen LogP contribution in [0.1, 0.15) is 194 Å². The van der Waals surface area contributed by atoms with Gasteiger partial charge in [0, 0.05) is 19.3 Å². The maximum atomic E-state index is 12.8. The Morgan fingerprint density at radius 3 is 0.871 bits per heavy atom. The summed E-state index contributed by atoms with van der Waals surface area (Å²) in [6, 6.07) is 0. The second-order valence-corrected chi connectivity index (χ2v) is 17.0. The van der Waals surface area contributed by atoms with Gasteiger partial charge in [-0.1, -0.05) is 223 Å². The predicted molar refractivity (Wildman–Crippen MR) is 301 cm³/mol. The van der Waals surface area contributed by atoms with E-state index in [1.54, 1.807) is 0 Å². The molecular weight excluding hydrogens is 865 g/mol. The molecular formula is C64H96O6. The molecule has 0 aromatic heterocycles. The quantitative estimate of drug-likeness (QED) is 0.0262. The molecule has 0 heterocycles. The van der Waals surface area contributed by atoms with Crippen molar-refractivity contribution in [2.45, 2.75) is 200 Å². The fourth-order valence-electron chi connectivity index (χ4n) is 6.48. The van der Waals surface area contributed by atoms with Crippen molar-refractivity contribution in [1.29, 1.82) is 0 Å². The van der Waals surface area contributed by atoms with Gasteiger partial charge >= 0.3 is 17.9 Å². The van der Waals surface area contributed by atoms with E-state index in [1.807, 2.05) is 0 Å². The third kappa shape index (κ3) is 53.7. The average Bonchev–Trinajstić information content (AvgIpc) is 3.36. The summed E-state index contributed by atoms with van der Waals surface area (Å²) in [5.41, 5.74) is 0. The second kappa shape index (κ2) is 56.4. The van der Waals surface area contributed by atoms with Gasteiger partial charge in [-0.2, -0.15) is 0 Å². The summed E-state index contributed by atoms with van der Waals surface area (Å²) in [5.74, 6) is -1.08. The third-order valence-electron chi connectivity index (χ3n) is 10.5. The first-order valence-corrected chi connectivity index (χ1v) is 27.1. The molecule has 388 valence electrons. The first-order chi connectivity index (χ1) is 34.5. The summed E-state index contributed by atoms with van der Waals surface area (Å²) in [5, 5.41) is 0. The summed E-state index contributed by atoms with van der Waals surface area (Å²) in [6.45, 7) is 6.22. The summed E-state index contributed by atoms with van der Waals surface area (Å²) in [7, 11) is 0. The van der Waals surface area contributed by atoms with E-state index in [0.717, 1.165) is 122 Å². The Hall–Kier alpha value is -5.23. The third-order valence-corrected chi connectivity index (χ3v) is 10.5. The van der Waals surface area contributed by atoms with Crippen molar-refractivity contribution in [3.63, 3.8) is 0 Å². The predicted octanol–water partition coefficient (Wildman–Crippen LogP) is 18.4. The molecule has 70 heavy (non-hydrogen) atoms. The SMILES string of the molecule is CC/C=C\C/C=C\C/C=C\C/C=C\C/C=C\C/C=C\C/C=C\CCCC(=O)OCC(COC(=O)CCCCCCCC)OC(=O)CCC/C=C\C/C=C\C/C=C\C/C=C\C/C=C\C/C=C\C/C=C\CC. The van der Waals surface area contributed by atoms with E-state index >= 15 is 0 Å². The van der Waals surface area contributed by atoms with E-state index in [1.165, 1.54) is 19.3 Å². The number of allylic oxidation sites excluding steroid dienone is 28. The molecule has 0 bridgehead atoms. The fraction of sp³-hybridized carbons (Fsp3) is 0.516. The number of carbonyl (C=O) groups excluding carboxylic acids is 3. The van der Waals surface area contributed by atoms with Crippen LogP contribution in [-0.2, 0) is 28.6 Å². The van der Waals surface area contributed by atoms with Gasteiger partial charge in [-0.05, 0) is 122 Å². The first kappa shape index (κ1) is 64.8. The molecule has 0 aliphatic heterocycles. The van der Waals surface area contributed by atoms with Crippen molar-refractivity contribution in [3.8, 4) is 0 Å². The van der Waals surface area contributed by atoms with Crippen LogP contribution >= 0.6 is 0 Å². The van der Waals surface area contributed by atoms with E-state index < -0.39 is 12.1 Å². The normalized spacial score (nSPS) is 13.5. The Bertz CT molecular complexity index is 1670. The van der Waals surface area contributed by atoms with Crippen LogP contribution in [0.25, 0.3) is 0 Å². The molecule has 0 aromatic rings. The van der Waals surface area contributed by atoms with E-state index in [0.29, 0.717) is 19.3 Å². The van der Waals surface area contributed by atoms with Crippen LogP contribution in [0.2, 0.25) is 0 Å². The maximum absolute atomic E-state index is 12.8. The molecule has 0 saturated heterocycles. The lowest BCUT2D eigenvalue weighted by molar-refractivity contribution is -0.167. The zero-order valence-corrected chi connectivity index (χ0v) is 44.2. The summed E-state index contributed by atoms with van der Waals surface area (Å²) < 4.78 is 16.6. The zero-order chi connectivity index (χ0) is 50.7. The molecule has 0 aromatic carbocycles. The van der Waals surface area contributed by atoms with Gasteiger partial charge in [0.15, 0.2) is 6.10 Å². The minimum absolute atomic E-state index is 0.128. The minimum atomic E-state index is -0.838. The van der Waals surface area contributed by atoms with E-state index in [4.69, 9.17) is 14.2 Å². The molecule has 0 N–H and O–H groups in total. The van der Waals surface area contributed by atoms with Crippen molar-refractivity contribution >= 4 is 17.9 Å². The van der Waals surface area contributed by atoms with Gasteiger partial charge in [-0.3, -0.25) is 14.4 Å². The number of hydrogen-bond donors (Lipinski definition) is 0. The number of esters is 3. The van der Waals surface area contributed by atoms with Gasteiger partial charge in [0.05, 0.1) is 0 Å². The topological polar surface area (TPSA) is 78.9 Å². The van der Waals surface area contributed by atoms with E-state index in [2.05, 4.69) is 191 Å². The van der Waals surface area contributed by atoms with Crippen LogP contribution in [0.4, 0.5) is 0 Å². The Morgan fingerprint density at radius 2 is 0.557 bits per heavy atom. The Labute approximate surface area is 428 Å². The Morgan fingerprint density at radius 1 is 0.300 bits per heavy atom. The Kier molecular flexibility index (Phi) is 52.1. The molecule has 0 saturated carbocycles. The molecule has 0 rings (SSSR count). The smallest absolute Gasteiger partial charge is 0.306 e. The van der Waals surface area contributed by atoms with Crippen LogP contribution < -0.4 is 0 Å². The molecule has 0 fully saturated rings. The van der Waals surface area contributed by atoms with Crippen LogP contribution in [0, 0.1) is 0 Å². The highest BCUT2D eigenvalue weighted by Crippen LogP contribution is 2.10. The number of rotatable bonds is 46. The van der Waals surface area contributed by atoms with Gasteiger partial charge in [0.2, 0.25) is 0 Å². The number of unbranched alkanes of at least 4 members (excludes halogenated alkanes) is 7. The molecule has 1 atom stereocenters. The zero-order valence-electron chi connectivity index (χ0n) is 44.2. The van der Waals surface area contributed by atoms with Crippen LogP contribution in [0.5, 0.6) is 0 Å². The average molecular weight is 961 g/mol. The van der Waals surface area contributed by atoms with Crippen molar-refractivity contribution in [3.05, 3.63) is 170 Å². The summed E-state index contributed by atoms with van der Waals surface area (Å²) in [6.07, 6.45) is 83.8. The summed E-state index contributed by atoms with van der Waals surface area (Å²) in [4.78, 5) is 37.8.